The van der Waals surface area contributed by atoms with E-state index >= 15 is 0 Å². The van der Waals surface area contributed by atoms with Gasteiger partial charge in [-0.25, -0.2) is 0 Å². The monoisotopic (exact) mass is 272 g/mol. The molecule has 1 aromatic rings. The van der Waals surface area contributed by atoms with Crippen molar-refractivity contribution < 1.29 is 9.59 Å². The minimum Gasteiger partial charge on any atom is -0.366 e. The predicted molar refractivity (Wildman–Crippen MR) is 77.9 cm³/mol. The van der Waals surface area contributed by atoms with Gasteiger partial charge in [-0.3, -0.25) is 9.59 Å². The molecule has 0 heterocycles. The lowest BCUT2D eigenvalue weighted by atomic mass is 10.0. The molecule has 0 fully saturated rings. The van der Waals surface area contributed by atoms with Crippen LogP contribution >= 0.6 is 0 Å². The normalized spacial score (nSPS) is 17.1. The van der Waals surface area contributed by atoms with Gasteiger partial charge in [0.05, 0.1) is 0 Å². The van der Waals surface area contributed by atoms with Crippen molar-refractivity contribution in [3.63, 3.8) is 0 Å². The van der Waals surface area contributed by atoms with E-state index < -0.39 is 5.91 Å². The quantitative estimate of drug-likeness (QED) is 0.834. The molecule has 0 saturated heterocycles. The Kier molecular flexibility index (Phi) is 4.56. The van der Waals surface area contributed by atoms with E-state index in [-0.39, 0.29) is 5.91 Å². The number of nitrogens with zero attached hydrogens (tertiary/aromatic N) is 1. The number of allylic oxidation sites excluding steroid dienone is 2. The number of hydrogen-bond donors (Lipinski definition) is 1. The maximum absolute atomic E-state index is 12.1. The summed E-state index contributed by atoms with van der Waals surface area (Å²) in [6, 6.07) is 7.05. The van der Waals surface area contributed by atoms with Gasteiger partial charge in [0, 0.05) is 25.6 Å². The van der Waals surface area contributed by atoms with Crippen LogP contribution in [0.3, 0.4) is 0 Å². The molecule has 0 saturated carbocycles. The lowest BCUT2D eigenvalue weighted by Crippen LogP contribution is -2.27. The van der Waals surface area contributed by atoms with Crippen molar-refractivity contribution in [1.82, 2.24) is 4.90 Å². The number of nitrogens with two attached hydrogens (primary N) is 1. The van der Waals surface area contributed by atoms with Crippen LogP contribution in [0.1, 0.15) is 35.2 Å². The average molecular weight is 272 g/mol. The van der Waals surface area contributed by atoms with Gasteiger partial charge in [0.25, 0.3) is 0 Å². The van der Waals surface area contributed by atoms with Crippen molar-refractivity contribution in [2.75, 3.05) is 7.05 Å². The second kappa shape index (κ2) is 6.37. The molecule has 0 aromatic heterocycles. The Labute approximate surface area is 119 Å². The minimum absolute atomic E-state index is 0.153. The van der Waals surface area contributed by atoms with Crippen LogP contribution < -0.4 is 5.73 Å². The standard InChI is InChI=1S/C16H20N2O2/c1-18(15(19)10-12-4-2-3-5-12)11-13-6-8-14(9-7-13)16(17)20/h2,4,6-9,12H,3,5,10-11H2,1H3,(H2,17,20)/t12-/m0/s1. The highest BCUT2D eigenvalue weighted by molar-refractivity contribution is 5.92. The van der Waals surface area contributed by atoms with Crippen LogP contribution in [0.5, 0.6) is 0 Å². The van der Waals surface area contributed by atoms with E-state index in [9.17, 15) is 9.59 Å². The van der Waals surface area contributed by atoms with Crippen molar-refractivity contribution in [3.8, 4) is 0 Å². The first-order chi connectivity index (χ1) is 9.56. The van der Waals surface area contributed by atoms with E-state index in [1.165, 1.54) is 0 Å². The van der Waals surface area contributed by atoms with Gasteiger partial charge in [0.15, 0.2) is 0 Å². The Balaban J connectivity index is 1.89. The Hall–Kier alpha value is -2.10. The van der Waals surface area contributed by atoms with Crippen molar-refractivity contribution in [2.45, 2.75) is 25.8 Å². The summed E-state index contributed by atoms with van der Waals surface area (Å²) < 4.78 is 0. The topological polar surface area (TPSA) is 63.4 Å². The van der Waals surface area contributed by atoms with Crippen molar-refractivity contribution in [1.29, 1.82) is 0 Å². The number of carbonyl (C=O) groups excluding carboxylic acids is 2. The van der Waals surface area contributed by atoms with E-state index in [0.29, 0.717) is 24.4 Å². The van der Waals surface area contributed by atoms with Crippen LogP contribution in [0.25, 0.3) is 0 Å². The number of benzene rings is 1. The summed E-state index contributed by atoms with van der Waals surface area (Å²) in [4.78, 5) is 24.8. The maximum atomic E-state index is 12.1. The summed E-state index contributed by atoms with van der Waals surface area (Å²) in [5, 5.41) is 0. The zero-order valence-corrected chi connectivity index (χ0v) is 11.7. The molecule has 4 heteroatoms. The molecule has 2 amide bonds. The summed E-state index contributed by atoms with van der Waals surface area (Å²) in [5.74, 6) is 0.108. The molecule has 1 atom stereocenters. The summed E-state index contributed by atoms with van der Waals surface area (Å²) in [5.41, 5.74) is 6.67. The molecular weight excluding hydrogens is 252 g/mol. The molecule has 1 aliphatic carbocycles. The number of primary amides is 1. The van der Waals surface area contributed by atoms with Crippen LogP contribution in [0, 0.1) is 5.92 Å². The summed E-state index contributed by atoms with van der Waals surface area (Å²) >= 11 is 0. The first-order valence-electron chi connectivity index (χ1n) is 6.85. The zero-order valence-electron chi connectivity index (χ0n) is 11.7. The number of carbonyl (C=O) groups is 2. The highest BCUT2D eigenvalue weighted by Gasteiger charge is 2.17. The Morgan fingerprint density at radius 3 is 2.55 bits per heavy atom. The van der Waals surface area contributed by atoms with Gasteiger partial charge < -0.3 is 10.6 Å². The van der Waals surface area contributed by atoms with Gasteiger partial charge in [-0.1, -0.05) is 24.3 Å². The first-order valence-corrected chi connectivity index (χ1v) is 6.85. The second-order valence-corrected chi connectivity index (χ2v) is 5.28. The number of amides is 2. The number of rotatable bonds is 5. The third-order valence-corrected chi connectivity index (χ3v) is 3.63. The summed E-state index contributed by atoms with van der Waals surface area (Å²) in [6.45, 7) is 0.550. The van der Waals surface area contributed by atoms with Crippen LogP contribution in [-0.4, -0.2) is 23.8 Å². The maximum Gasteiger partial charge on any atom is 0.248 e. The average Bonchev–Trinajstić information content (AvgIpc) is 2.92. The van der Waals surface area contributed by atoms with Gasteiger partial charge in [-0.15, -0.1) is 0 Å². The van der Waals surface area contributed by atoms with Crippen molar-refractivity contribution >= 4 is 11.8 Å². The minimum atomic E-state index is -0.436. The fourth-order valence-electron chi connectivity index (χ4n) is 2.38. The smallest absolute Gasteiger partial charge is 0.248 e. The molecule has 0 spiro atoms. The Bertz CT molecular complexity index is 520. The molecule has 0 aliphatic heterocycles. The fourth-order valence-corrected chi connectivity index (χ4v) is 2.38. The van der Waals surface area contributed by atoms with Gasteiger partial charge in [0.2, 0.25) is 11.8 Å². The van der Waals surface area contributed by atoms with Crippen LogP contribution in [0.15, 0.2) is 36.4 Å². The zero-order chi connectivity index (χ0) is 14.5. The van der Waals surface area contributed by atoms with Crippen molar-refractivity contribution in [2.24, 2.45) is 11.7 Å². The van der Waals surface area contributed by atoms with Gasteiger partial charge in [-0.2, -0.15) is 0 Å². The molecule has 2 N–H and O–H groups in total. The van der Waals surface area contributed by atoms with Crippen LogP contribution in [-0.2, 0) is 11.3 Å². The van der Waals surface area contributed by atoms with Gasteiger partial charge in [-0.05, 0) is 36.5 Å². The lowest BCUT2D eigenvalue weighted by molar-refractivity contribution is -0.131. The van der Waals surface area contributed by atoms with E-state index in [0.717, 1.165) is 18.4 Å². The van der Waals surface area contributed by atoms with Gasteiger partial charge in [0.1, 0.15) is 0 Å². The largest absolute Gasteiger partial charge is 0.366 e. The molecule has 1 aromatic carbocycles. The highest BCUT2D eigenvalue weighted by atomic mass is 16.2. The van der Waals surface area contributed by atoms with Crippen molar-refractivity contribution in [3.05, 3.63) is 47.5 Å². The SMILES string of the molecule is CN(Cc1ccc(C(N)=O)cc1)C(=O)C[C@H]1C=CCC1. The van der Waals surface area contributed by atoms with E-state index in [4.69, 9.17) is 5.73 Å². The van der Waals surface area contributed by atoms with Crippen LogP contribution in [0.2, 0.25) is 0 Å². The molecule has 106 valence electrons. The number of hydrogen-bond acceptors (Lipinski definition) is 2. The molecule has 0 radical (unpaired) electrons. The lowest BCUT2D eigenvalue weighted by Gasteiger charge is -2.19. The molecule has 0 unspecified atom stereocenters. The third kappa shape index (κ3) is 3.70. The molecule has 2 rings (SSSR count). The molecular formula is C16H20N2O2. The summed E-state index contributed by atoms with van der Waals surface area (Å²) in [7, 11) is 1.81. The van der Waals surface area contributed by atoms with Crippen LogP contribution in [0.4, 0.5) is 0 Å². The molecule has 4 nitrogen and oxygen atoms in total. The first kappa shape index (κ1) is 14.3. The Morgan fingerprint density at radius 1 is 1.30 bits per heavy atom. The highest BCUT2D eigenvalue weighted by Crippen LogP contribution is 2.21. The van der Waals surface area contributed by atoms with E-state index in [2.05, 4.69) is 12.2 Å². The second-order valence-electron chi connectivity index (χ2n) is 5.28. The molecule has 1 aliphatic rings. The predicted octanol–water partition coefficient (Wildman–Crippen LogP) is 2.10. The fraction of sp³-hybridized carbons (Fsp3) is 0.375. The van der Waals surface area contributed by atoms with E-state index in [1.807, 2.05) is 19.2 Å². The third-order valence-electron chi connectivity index (χ3n) is 3.63. The molecule has 0 bridgehead atoms. The summed E-state index contributed by atoms with van der Waals surface area (Å²) in [6.07, 6.45) is 7.00. The van der Waals surface area contributed by atoms with Gasteiger partial charge >= 0.3 is 0 Å². The van der Waals surface area contributed by atoms with E-state index in [1.54, 1.807) is 17.0 Å². The molecule has 20 heavy (non-hydrogen) atoms. The Morgan fingerprint density at radius 2 is 2.00 bits per heavy atom.